The molecule has 20 heavy (non-hydrogen) atoms. The smallest absolute Gasteiger partial charge is 0.120 e. The van der Waals surface area contributed by atoms with Crippen LogP contribution in [-0.2, 0) is 13.2 Å². The van der Waals surface area contributed by atoms with E-state index in [4.69, 9.17) is 4.74 Å². The van der Waals surface area contributed by atoms with E-state index in [0.29, 0.717) is 6.61 Å². The van der Waals surface area contributed by atoms with Gasteiger partial charge < -0.3 is 10.1 Å². The third-order valence-electron chi connectivity index (χ3n) is 3.42. The van der Waals surface area contributed by atoms with Gasteiger partial charge in [0.05, 0.1) is 0 Å². The third-order valence-corrected chi connectivity index (χ3v) is 4.20. The summed E-state index contributed by atoms with van der Waals surface area (Å²) in [5.74, 6) is 0.921. The highest BCUT2D eigenvalue weighted by Crippen LogP contribution is 2.25. The molecule has 0 amide bonds. The van der Waals surface area contributed by atoms with Crippen LogP contribution in [0.25, 0.3) is 0 Å². The second-order valence-electron chi connectivity index (χ2n) is 5.18. The maximum atomic E-state index is 5.86. The molecule has 0 unspecified atom stereocenters. The van der Waals surface area contributed by atoms with Crippen LogP contribution < -0.4 is 10.1 Å². The Bertz CT molecular complexity index is 566. The summed E-state index contributed by atoms with van der Waals surface area (Å²) in [6.07, 6.45) is 2.61. The van der Waals surface area contributed by atoms with Crippen LogP contribution in [0.4, 0.5) is 0 Å². The molecule has 2 aromatic rings. The first kappa shape index (κ1) is 13.7. The minimum absolute atomic E-state index is 0.609. The predicted molar refractivity (Wildman–Crippen MR) is 84.8 cm³/mol. The summed E-state index contributed by atoms with van der Waals surface area (Å²) in [7, 11) is 0. The van der Waals surface area contributed by atoms with Crippen molar-refractivity contribution in [2.45, 2.75) is 32.0 Å². The second-order valence-corrected chi connectivity index (χ2v) is 6.04. The number of ether oxygens (including phenoxy) is 1. The van der Waals surface area contributed by atoms with Crippen molar-refractivity contribution in [3.05, 3.63) is 64.1 Å². The highest BCUT2D eigenvalue weighted by Gasteiger charge is 2.20. The molecule has 0 spiro atoms. The van der Waals surface area contributed by atoms with Crippen LogP contribution in [-0.4, -0.2) is 6.04 Å². The lowest BCUT2D eigenvalue weighted by Crippen LogP contribution is -2.15. The molecular weight excluding hydrogens is 314 g/mol. The van der Waals surface area contributed by atoms with Crippen molar-refractivity contribution in [3.63, 3.8) is 0 Å². The van der Waals surface area contributed by atoms with Crippen LogP contribution in [0.2, 0.25) is 0 Å². The fourth-order valence-corrected chi connectivity index (χ4v) is 2.45. The van der Waals surface area contributed by atoms with Gasteiger partial charge in [0.2, 0.25) is 0 Å². The summed E-state index contributed by atoms with van der Waals surface area (Å²) in [6.45, 7) is 1.51. The Morgan fingerprint density at radius 2 is 1.90 bits per heavy atom. The summed E-state index contributed by atoms with van der Waals surface area (Å²) < 4.78 is 7.00. The Labute approximate surface area is 128 Å². The van der Waals surface area contributed by atoms with Gasteiger partial charge in [-0.3, -0.25) is 0 Å². The maximum absolute atomic E-state index is 5.86. The highest BCUT2D eigenvalue weighted by molar-refractivity contribution is 9.10. The van der Waals surface area contributed by atoms with Gasteiger partial charge in [-0.05, 0) is 42.2 Å². The zero-order valence-electron chi connectivity index (χ0n) is 11.3. The molecule has 0 bridgehead atoms. The number of halogens is 1. The van der Waals surface area contributed by atoms with Gasteiger partial charge in [0, 0.05) is 17.1 Å². The van der Waals surface area contributed by atoms with E-state index < -0.39 is 0 Å². The molecule has 0 radical (unpaired) electrons. The van der Waals surface area contributed by atoms with Crippen molar-refractivity contribution >= 4 is 15.9 Å². The number of nitrogens with one attached hydrogen (secondary N) is 1. The topological polar surface area (TPSA) is 21.3 Å². The van der Waals surface area contributed by atoms with E-state index in [-0.39, 0.29) is 0 Å². The molecule has 1 aliphatic rings. The molecule has 0 saturated heterocycles. The van der Waals surface area contributed by atoms with E-state index in [1.54, 1.807) is 0 Å². The van der Waals surface area contributed by atoms with Crippen molar-refractivity contribution in [1.82, 2.24) is 5.32 Å². The van der Waals surface area contributed by atoms with Gasteiger partial charge in [-0.2, -0.15) is 0 Å². The molecule has 1 saturated carbocycles. The van der Waals surface area contributed by atoms with Gasteiger partial charge in [0.15, 0.2) is 0 Å². The van der Waals surface area contributed by atoms with Crippen LogP contribution in [0.1, 0.15) is 24.0 Å². The van der Waals surface area contributed by atoms with Crippen molar-refractivity contribution in [2.75, 3.05) is 0 Å². The first-order valence-corrected chi connectivity index (χ1v) is 7.79. The van der Waals surface area contributed by atoms with Gasteiger partial charge in [-0.15, -0.1) is 0 Å². The Kier molecular flexibility index (Phi) is 4.38. The Balaban J connectivity index is 1.62. The third kappa shape index (κ3) is 3.84. The van der Waals surface area contributed by atoms with Gasteiger partial charge in [0.1, 0.15) is 12.4 Å². The van der Waals surface area contributed by atoms with Crippen molar-refractivity contribution in [3.8, 4) is 5.75 Å². The largest absolute Gasteiger partial charge is 0.489 e. The zero-order valence-corrected chi connectivity index (χ0v) is 12.9. The molecule has 0 heterocycles. The quantitative estimate of drug-likeness (QED) is 0.852. The van der Waals surface area contributed by atoms with Crippen LogP contribution in [0.15, 0.2) is 53.0 Å². The summed E-state index contributed by atoms with van der Waals surface area (Å²) in [6, 6.07) is 17.1. The van der Waals surface area contributed by atoms with Crippen LogP contribution >= 0.6 is 15.9 Å². The summed E-state index contributed by atoms with van der Waals surface area (Å²) in [5, 5.41) is 3.53. The minimum atomic E-state index is 0.609. The lowest BCUT2D eigenvalue weighted by atomic mass is 10.2. The van der Waals surface area contributed by atoms with E-state index in [1.165, 1.54) is 24.0 Å². The molecule has 0 atom stereocenters. The van der Waals surface area contributed by atoms with Gasteiger partial charge >= 0.3 is 0 Å². The second kappa shape index (κ2) is 6.42. The Morgan fingerprint density at radius 1 is 1.10 bits per heavy atom. The molecule has 0 aromatic heterocycles. The predicted octanol–water partition coefficient (Wildman–Crippen LogP) is 4.28. The van der Waals surface area contributed by atoms with Crippen molar-refractivity contribution in [2.24, 2.45) is 0 Å². The number of hydrogen-bond acceptors (Lipinski definition) is 2. The SMILES string of the molecule is Brc1ccc(OCc2ccccc2)cc1CNC1CC1. The van der Waals surface area contributed by atoms with Crippen molar-refractivity contribution < 1.29 is 4.74 Å². The average molecular weight is 332 g/mol. The molecule has 3 rings (SSSR count). The number of hydrogen-bond donors (Lipinski definition) is 1. The van der Waals surface area contributed by atoms with E-state index in [2.05, 4.69) is 45.5 Å². The molecule has 0 aliphatic heterocycles. The van der Waals surface area contributed by atoms with Crippen molar-refractivity contribution in [1.29, 1.82) is 0 Å². The Hall–Kier alpha value is -1.32. The maximum Gasteiger partial charge on any atom is 0.120 e. The fraction of sp³-hybridized carbons (Fsp3) is 0.294. The first-order valence-electron chi connectivity index (χ1n) is 7.00. The number of benzene rings is 2. The minimum Gasteiger partial charge on any atom is -0.489 e. The standard InChI is InChI=1S/C17H18BrNO/c18-17-9-8-16(10-14(17)11-19-15-6-7-15)20-12-13-4-2-1-3-5-13/h1-5,8-10,15,19H,6-7,11-12H2. The Morgan fingerprint density at radius 3 is 2.65 bits per heavy atom. The fourth-order valence-electron chi connectivity index (χ4n) is 2.06. The van der Waals surface area contributed by atoms with Crippen LogP contribution in [0.5, 0.6) is 5.75 Å². The van der Waals surface area contributed by atoms with Gasteiger partial charge in [-0.25, -0.2) is 0 Å². The van der Waals surface area contributed by atoms with E-state index >= 15 is 0 Å². The normalized spacial score (nSPS) is 14.2. The molecule has 1 N–H and O–H groups in total. The lowest BCUT2D eigenvalue weighted by molar-refractivity contribution is 0.306. The summed E-state index contributed by atoms with van der Waals surface area (Å²) in [4.78, 5) is 0. The van der Waals surface area contributed by atoms with Crippen LogP contribution in [0, 0.1) is 0 Å². The van der Waals surface area contributed by atoms with Gasteiger partial charge in [0.25, 0.3) is 0 Å². The first-order chi connectivity index (χ1) is 9.81. The van der Waals surface area contributed by atoms with E-state index in [9.17, 15) is 0 Å². The summed E-state index contributed by atoms with van der Waals surface area (Å²) in [5.41, 5.74) is 2.44. The summed E-state index contributed by atoms with van der Waals surface area (Å²) >= 11 is 3.60. The average Bonchev–Trinajstić information content (AvgIpc) is 3.30. The molecule has 1 fully saturated rings. The van der Waals surface area contributed by atoms with Crippen LogP contribution in [0.3, 0.4) is 0 Å². The highest BCUT2D eigenvalue weighted by atomic mass is 79.9. The molecule has 2 nitrogen and oxygen atoms in total. The van der Waals surface area contributed by atoms with E-state index in [0.717, 1.165) is 22.8 Å². The molecule has 3 heteroatoms. The molecule has 2 aromatic carbocycles. The monoisotopic (exact) mass is 331 g/mol. The van der Waals surface area contributed by atoms with Gasteiger partial charge in [-0.1, -0.05) is 46.3 Å². The molecular formula is C17H18BrNO. The lowest BCUT2D eigenvalue weighted by Gasteiger charge is -2.10. The van der Waals surface area contributed by atoms with E-state index in [1.807, 2.05) is 24.3 Å². The number of rotatable bonds is 6. The zero-order chi connectivity index (χ0) is 13.8. The molecule has 1 aliphatic carbocycles. The molecule has 104 valence electrons.